The van der Waals surface area contributed by atoms with Crippen LogP contribution < -0.4 is 11.1 Å². The van der Waals surface area contributed by atoms with E-state index in [1.165, 1.54) is 12.1 Å². The number of hydrogen-bond acceptors (Lipinski definition) is 6. The summed E-state index contributed by atoms with van der Waals surface area (Å²) in [5, 5.41) is 16.0. The molecule has 3 atom stereocenters. The number of nitrogens with one attached hydrogen (secondary N) is 1. The van der Waals surface area contributed by atoms with Crippen LogP contribution in [-0.4, -0.2) is 52.5 Å². The average molecular weight is 617 g/mol. The maximum atomic E-state index is 14.2. The zero-order chi connectivity index (χ0) is 31.7. The molecule has 10 heteroatoms. The van der Waals surface area contributed by atoms with Gasteiger partial charge in [0.1, 0.15) is 11.6 Å². The van der Waals surface area contributed by atoms with Crippen LogP contribution in [0.25, 0.3) is 0 Å². The molecule has 2 aromatic rings. The fourth-order valence-corrected chi connectivity index (χ4v) is 7.02. The molecule has 1 aliphatic carbocycles. The van der Waals surface area contributed by atoms with Gasteiger partial charge in [-0.25, -0.2) is 13.8 Å². The summed E-state index contributed by atoms with van der Waals surface area (Å²) in [6.45, 7) is 11.8. The fraction of sp³-hybridized carbons (Fsp3) is 0.545. The molecule has 3 rings (SSSR count). The van der Waals surface area contributed by atoms with Crippen molar-refractivity contribution in [1.29, 1.82) is 0 Å². The van der Waals surface area contributed by atoms with E-state index in [1.54, 1.807) is 35.3 Å². The monoisotopic (exact) mass is 616 g/mol. The number of thiazole rings is 1. The zero-order valence-corrected chi connectivity index (χ0v) is 26.8. The minimum atomic E-state index is -1.47. The van der Waals surface area contributed by atoms with Gasteiger partial charge in [-0.1, -0.05) is 45.4 Å². The van der Waals surface area contributed by atoms with Crippen LogP contribution >= 0.6 is 11.3 Å². The first-order valence-electron chi connectivity index (χ1n) is 15.1. The third kappa shape index (κ3) is 9.27. The van der Waals surface area contributed by atoms with Crippen LogP contribution in [0, 0.1) is 28.9 Å². The Morgan fingerprint density at radius 1 is 1.14 bits per heavy atom. The summed E-state index contributed by atoms with van der Waals surface area (Å²) < 4.78 is 28.5. The van der Waals surface area contributed by atoms with Crippen molar-refractivity contribution in [2.24, 2.45) is 23.0 Å². The van der Waals surface area contributed by atoms with Crippen molar-refractivity contribution in [2.45, 2.75) is 79.4 Å². The largest absolute Gasteiger partial charge is 0.391 e. The minimum Gasteiger partial charge on any atom is -0.391 e. The van der Waals surface area contributed by atoms with Crippen molar-refractivity contribution < 1.29 is 23.5 Å². The summed E-state index contributed by atoms with van der Waals surface area (Å²) in [5.74, 6) is -2.78. The number of allylic oxidation sites excluding steroid dienone is 2. The lowest BCUT2D eigenvalue weighted by Gasteiger charge is -2.42. The molecule has 7 nitrogen and oxygen atoms in total. The number of carbonyl (C=O) groups is 2. The number of halogens is 2. The summed E-state index contributed by atoms with van der Waals surface area (Å²) in [4.78, 5) is 34.3. The summed E-state index contributed by atoms with van der Waals surface area (Å²) in [6, 6.07) is 3.18. The van der Waals surface area contributed by atoms with Crippen molar-refractivity contribution in [1.82, 2.24) is 15.2 Å². The van der Waals surface area contributed by atoms with Gasteiger partial charge in [0.05, 0.1) is 16.5 Å². The first-order valence-corrected chi connectivity index (χ1v) is 16.0. The molecule has 2 amide bonds. The number of hydrogen-bond donors (Lipinski definition) is 3. The van der Waals surface area contributed by atoms with Gasteiger partial charge in [-0.05, 0) is 56.2 Å². The number of nitrogens with zero attached hydrogens (tertiary/aromatic N) is 2. The van der Waals surface area contributed by atoms with E-state index in [1.807, 2.05) is 20.0 Å². The number of aromatic nitrogens is 1. The topological polar surface area (TPSA) is 109 Å². The van der Waals surface area contributed by atoms with Crippen molar-refractivity contribution >= 4 is 23.2 Å². The molecule has 236 valence electrons. The number of rotatable bonds is 16. The molecule has 1 aliphatic rings. The number of carbonyl (C=O) groups excluding carboxylic acids is 2. The van der Waals surface area contributed by atoms with Gasteiger partial charge < -0.3 is 21.1 Å². The lowest BCUT2D eigenvalue weighted by molar-refractivity contribution is -0.132. The van der Waals surface area contributed by atoms with E-state index in [4.69, 9.17) is 5.73 Å². The molecule has 1 heterocycles. The SMILES string of the molecule is CCCN(CCC)C(=O)C1=CC(C)=CC(C(N)=O)([C@H](Cc2cc(F)cc(F)c2)[C@@H](O)CNCc2cnc(CC(C)C)s2)C1. The van der Waals surface area contributed by atoms with Crippen LogP contribution in [0.3, 0.4) is 0 Å². The average Bonchev–Trinajstić information content (AvgIpc) is 3.36. The van der Waals surface area contributed by atoms with Crippen LogP contribution in [0.2, 0.25) is 0 Å². The predicted molar refractivity (Wildman–Crippen MR) is 167 cm³/mol. The standard InChI is InChI=1S/C33H46F2N4O3S/c1-6-8-39(9-7-2)31(41)24-11-22(5)16-33(17-24,32(36)42)28(14-23-12-25(34)15-26(35)13-23)29(40)20-37-18-27-19-38-30(43-27)10-21(3)4/h11-13,15-16,19,21,28-29,37,40H,6-10,14,17-18,20H2,1-5H3,(H2,36,42)/t28-,29+,33?/m1/s1. The third-order valence-corrected chi connectivity index (χ3v) is 8.74. The third-order valence-electron chi connectivity index (χ3n) is 7.72. The smallest absolute Gasteiger partial charge is 0.249 e. The van der Waals surface area contributed by atoms with Crippen LogP contribution in [0.4, 0.5) is 8.78 Å². The molecule has 0 spiro atoms. The number of aliphatic hydroxyl groups is 1. The number of nitrogens with two attached hydrogens (primary N) is 1. The Kier molecular flexibility index (Phi) is 12.6. The first-order chi connectivity index (χ1) is 20.4. The molecule has 0 radical (unpaired) electrons. The molecular weight excluding hydrogens is 570 g/mol. The van der Waals surface area contributed by atoms with E-state index in [0.29, 0.717) is 36.7 Å². The first kappa shape index (κ1) is 34.5. The molecule has 0 bridgehead atoms. The highest BCUT2D eigenvalue weighted by Gasteiger charge is 2.48. The van der Waals surface area contributed by atoms with Gasteiger partial charge in [-0.3, -0.25) is 9.59 Å². The Morgan fingerprint density at radius 3 is 2.37 bits per heavy atom. The second kappa shape index (κ2) is 15.7. The molecule has 0 saturated heterocycles. The molecule has 0 saturated carbocycles. The fourth-order valence-electron chi connectivity index (χ4n) is 5.92. The Hall–Kier alpha value is -2.95. The number of aliphatic hydroxyl groups excluding tert-OH is 1. The van der Waals surface area contributed by atoms with E-state index >= 15 is 0 Å². The van der Waals surface area contributed by atoms with Gasteiger partial charge in [-0.15, -0.1) is 11.3 Å². The molecule has 0 fully saturated rings. The van der Waals surface area contributed by atoms with Gasteiger partial charge in [0.25, 0.3) is 0 Å². The van der Waals surface area contributed by atoms with Crippen molar-refractivity contribution in [2.75, 3.05) is 19.6 Å². The van der Waals surface area contributed by atoms with Crippen molar-refractivity contribution in [3.8, 4) is 0 Å². The van der Waals surface area contributed by atoms with Crippen LogP contribution in [-0.2, 0) is 29.0 Å². The normalized spacial score (nSPS) is 18.3. The molecule has 4 N–H and O–H groups in total. The summed E-state index contributed by atoms with van der Waals surface area (Å²) in [5.41, 5.74) is 6.03. The highest BCUT2D eigenvalue weighted by molar-refractivity contribution is 7.11. The summed E-state index contributed by atoms with van der Waals surface area (Å²) >= 11 is 1.60. The Labute approximate surface area is 258 Å². The predicted octanol–water partition coefficient (Wildman–Crippen LogP) is 5.33. The van der Waals surface area contributed by atoms with E-state index < -0.39 is 35.0 Å². The van der Waals surface area contributed by atoms with Gasteiger partial charge in [0.2, 0.25) is 11.8 Å². The lowest BCUT2D eigenvalue weighted by Crippen LogP contribution is -2.51. The number of benzene rings is 1. The van der Waals surface area contributed by atoms with Crippen molar-refractivity contribution in [3.63, 3.8) is 0 Å². The van der Waals surface area contributed by atoms with E-state index in [-0.39, 0.29) is 30.9 Å². The molecular formula is C33H46F2N4O3S. The molecule has 1 unspecified atom stereocenters. The Morgan fingerprint density at radius 2 is 1.79 bits per heavy atom. The van der Waals surface area contributed by atoms with Gasteiger partial charge in [-0.2, -0.15) is 0 Å². The summed E-state index contributed by atoms with van der Waals surface area (Å²) in [6.07, 6.45) is 6.56. The van der Waals surface area contributed by atoms with Gasteiger partial charge in [0.15, 0.2) is 0 Å². The van der Waals surface area contributed by atoms with E-state index in [2.05, 4.69) is 24.1 Å². The Bertz CT molecular complexity index is 1300. The van der Waals surface area contributed by atoms with E-state index in [9.17, 15) is 23.5 Å². The maximum Gasteiger partial charge on any atom is 0.249 e. The van der Waals surface area contributed by atoms with Gasteiger partial charge in [0, 0.05) is 61.2 Å². The lowest BCUT2D eigenvalue weighted by atomic mass is 9.63. The second-order valence-corrected chi connectivity index (χ2v) is 13.2. The minimum absolute atomic E-state index is 0.0185. The molecule has 0 aliphatic heterocycles. The maximum absolute atomic E-state index is 14.2. The highest BCUT2D eigenvalue weighted by Crippen LogP contribution is 2.44. The van der Waals surface area contributed by atoms with Crippen molar-refractivity contribution in [3.05, 3.63) is 74.8 Å². The summed E-state index contributed by atoms with van der Waals surface area (Å²) in [7, 11) is 0. The Balaban J connectivity index is 1.94. The van der Waals surface area contributed by atoms with Gasteiger partial charge >= 0.3 is 0 Å². The molecule has 43 heavy (non-hydrogen) atoms. The quantitative estimate of drug-likeness (QED) is 0.237. The zero-order valence-electron chi connectivity index (χ0n) is 26.0. The highest BCUT2D eigenvalue weighted by atomic mass is 32.1. The molecule has 1 aromatic carbocycles. The number of primary amides is 1. The van der Waals surface area contributed by atoms with Crippen LogP contribution in [0.1, 0.15) is 69.3 Å². The van der Waals surface area contributed by atoms with Crippen LogP contribution in [0.15, 0.2) is 47.7 Å². The molecule has 1 aromatic heterocycles. The second-order valence-electron chi connectivity index (χ2n) is 12.0. The van der Waals surface area contributed by atoms with E-state index in [0.717, 1.165) is 35.2 Å². The number of amides is 2. The van der Waals surface area contributed by atoms with Crippen LogP contribution in [0.5, 0.6) is 0 Å².